The van der Waals surface area contributed by atoms with Gasteiger partial charge in [0.15, 0.2) is 0 Å². The van der Waals surface area contributed by atoms with Crippen molar-refractivity contribution in [3.05, 3.63) is 54.3 Å². The summed E-state index contributed by atoms with van der Waals surface area (Å²) < 4.78 is 5.18. The molecule has 0 saturated carbocycles. The third-order valence-electron chi connectivity index (χ3n) is 2.27. The molecule has 2 aromatic heterocycles. The maximum atomic E-state index is 5.18. The molecule has 1 N–H and O–H groups in total. The van der Waals surface area contributed by atoms with Gasteiger partial charge in [0.2, 0.25) is 0 Å². The molecule has 0 amide bonds. The third kappa shape index (κ3) is 2.73. The Morgan fingerprint density at radius 1 is 1.44 bits per heavy atom. The monoisotopic (exact) mass is 214 g/mol. The van der Waals surface area contributed by atoms with Crippen LogP contribution in [0.4, 0.5) is 5.69 Å². The van der Waals surface area contributed by atoms with Crippen molar-refractivity contribution in [2.75, 3.05) is 11.9 Å². The van der Waals surface area contributed by atoms with Crippen molar-refractivity contribution in [3.8, 4) is 0 Å². The topological polar surface area (TPSA) is 38.1 Å². The van der Waals surface area contributed by atoms with Crippen molar-refractivity contribution in [2.45, 2.75) is 6.92 Å². The normalized spacial score (nSPS) is 10.8. The molecule has 0 bridgehead atoms. The Kier molecular flexibility index (Phi) is 3.38. The van der Waals surface area contributed by atoms with Gasteiger partial charge in [-0.3, -0.25) is 4.98 Å². The van der Waals surface area contributed by atoms with Crippen LogP contribution in [0, 0.1) is 6.92 Å². The van der Waals surface area contributed by atoms with Crippen LogP contribution in [0.3, 0.4) is 0 Å². The van der Waals surface area contributed by atoms with Gasteiger partial charge in [0.05, 0.1) is 18.1 Å². The van der Waals surface area contributed by atoms with Gasteiger partial charge >= 0.3 is 0 Å². The summed E-state index contributed by atoms with van der Waals surface area (Å²) in [5, 5.41) is 3.28. The minimum absolute atomic E-state index is 0.757. The second-order valence-electron chi connectivity index (χ2n) is 3.49. The van der Waals surface area contributed by atoms with Crippen LogP contribution in [0.1, 0.15) is 11.3 Å². The second kappa shape index (κ2) is 5.16. The quantitative estimate of drug-likeness (QED) is 0.849. The Balaban J connectivity index is 1.87. The van der Waals surface area contributed by atoms with Gasteiger partial charge in [-0.05, 0) is 36.8 Å². The van der Waals surface area contributed by atoms with Crippen molar-refractivity contribution in [2.24, 2.45) is 0 Å². The van der Waals surface area contributed by atoms with Crippen LogP contribution in [0.15, 0.2) is 47.3 Å². The molecule has 3 nitrogen and oxygen atoms in total. The highest BCUT2D eigenvalue weighted by Crippen LogP contribution is 2.10. The summed E-state index contributed by atoms with van der Waals surface area (Å²) in [6, 6.07) is 5.78. The molecule has 0 spiro atoms. The average Bonchev–Trinajstić information content (AvgIpc) is 2.79. The molecule has 0 unspecified atom stereocenters. The van der Waals surface area contributed by atoms with E-state index in [1.807, 2.05) is 36.5 Å². The number of rotatable bonds is 4. The molecule has 0 atom stereocenters. The fraction of sp³-hybridized carbons (Fsp3) is 0.154. The largest absolute Gasteiger partial charge is 0.465 e. The van der Waals surface area contributed by atoms with Crippen LogP contribution in [-0.2, 0) is 0 Å². The lowest BCUT2D eigenvalue weighted by atomic mass is 10.2. The highest BCUT2D eigenvalue weighted by atomic mass is 16.3. The van der Waals surface area contributed by atoms with Gasteiger partial charge < -0.3 is 9.73 Å². The van der Waals surface area contributed by atoms with E-state index in [0.717, 1.165) is 18.0 Å². The molecule has 2 rings (SSSR count). The smallest absolute Gasteiger partial charge is 0.126 e. The summed E-state index contributed by atoms with van der Waals surface area (Å²) >= 11 is 0. The Morgan fingerprint density at radius 3 is 3.12 bits per heavy atom. The van der Waals surface area contributed by atoms with Gasteiger partial charge in [0.25, 0.3) is 0 Å². The Bertz CT molecular complexity index is 461. The van der Waals surface area contributed by atoms with Gasteiger partial charge in [0, 0.05) is 12.7 Å². The standard InChI is InChI=1S/C13H14N2O/c1-11-6-8-14-10-13(11)15-7-2-4-12-5-3-9-16-12/h2-6,8-10,15H,7H2,1H3/b4-2+. The zero-order chi connectivity index (χ0) is 11.2. The minimum Gasteiger partial charge on any atom is -0.465 e. The Labute approximate surface area is 94.8 Å². The molecule has 0 aliphatic heterocycles. The number of nitrogens with one attached hydrogen (secondary N) is 1. The number of aromatic nitrogens is 1. The zero-order valence-corrected chi connectivity index (χ0v) is 9.18. The first kappa shape index (κ1) is 10.5. The predicted octanol–water partition coefficient (Wildman–Crippen LogP) is 3.11. The zero-order valence-electron chi connectivity index (χ0n) is 9.18. The van der Waals surface area contributed by atoms with Crippen molar-refractivity contribution in [1.29, 1.82) is 0 Å². The van der Waals surface area contributed by atoms with Crippen LogP contribution < -0.4 is 5.32 Å². The van der Waals surface area contributed by atoms with Crippen LogP contribution >= 0.6 is 0 Å². The van der Waals surface area contributed by atoms with Crippen molar-refractivity contribution < 1.29 is 4.42 Å². The van der Waals surface area contributed by atoms with Crippen molar-refractivity contribution in [1.82, 2.24) is 4.98 Å². The summed E-state index contributed by atoms with van der Waals surface area (Å²) in [5.74, 6) is 0.865. The Morgan fingerprint density at radius 2 is 2.38 bits per heavy atom. The van der Waals surface area contributed by atoms with Gasteiger partial charge in [-0.15, -0.1) is 0 Å². The summed E-state index contributed by atoms with van der Waals surface area (Å²) in [7, 11) is 0. The number of pyridine rings is 1. The first-order valence-corrected chi connectivity index (χ1v) is 5.21. The SMILES string of the molecule is Cc1ccncc1NC/C=C/c1ccco1. The van der Waals surface area contributed by atoms with Crippen LogP contribution in [0.25, 0.3) is 6.08 Å². The van der Waals surface area contributed by atoms with Crippen molar-refractivity contribution >= 4 is 11.8 Å². The molecule has 0 saturated heterocycles. The van der Waals surface area contributed by atoms with E-state index in [1.165, 1.54) is 5.56 Å². The molecule has 2 heterocycles. The number of hydrogen-bond acceptors (Lipinski definition) is 3. The summed E-state index contributed by atoms with van der Waals surface area (Å²) in [6.07, 6.45) is 9.25. The van der Waals surface area contributed by atoms with Crippen LogP contribution in [0.5, 0.6) is 0 Å². The number of anilines is 1. The van der Waals surface area contributed by atoms with Gasteiger partial charge in [-0.2, -0.15) is 0 Å². The van der Waals surface area contributed by atoms with E-state index >= 15 is 0 Å². The predicted molar refractivity (Wildman–Crippen MR) is 65.2 cm³/mol. The van der Waals surface area contributed by atoms with E-state index in [0.29, 0.717) is 0 Å². The molecule has 0 aliphatic rings. The second-order valence-corrected chi connectivity index (χ2v) is 3.49. The summed E-state index contributed by atoms with van der Waals surface area (Å²) in [6.45, 7) is 2.81. The fourth-order valence-electron chi connectivity index (χ4n) is 1.38. The van der Waals surface area contributed by atoms with Gasteiger partial charge in [-0.1, -0.05) is 6.08 Å². The number of hydrogen-bond donors (Lipinski definition) is 1. The molecule has 0 radical (unpaired) electrons. The van der Waals surface area contributed by atoms with E-state index in [1.54, 1.807) is 12.5 Å². The molecule has 3 heteroatoms. The molecule has 0 aliphatic carbocycles. The Hall–Kier alpha value is -2.03. The maximum Gasteiger partial charge on any atom is 0.126 e. The maximum absolute atomic E-state index is 5.18. The number of furan rings is 1. The summed E-state index contributed by atoms with van der Waals surface area (Å²) in [5.41, 5.74) is 2.26. The first-order valence-electron chi connectivity index (χ1n) is 5.21. The molecule has 0 aromatic carbocycles. The first-order chi connectivity index (χ1) is 7.86. The average molecular weight is 214 g/mol. The van der Waals surface area contributed by atoms with E-state index in [-0.39, 0.29) is 0 Å². The lowest BCUT2D eigenvalue weighted by Crippen LogP contribution is -2.00. The van der Waals surface area contributed by atoms with Gasteiger partial charge in [-0.25, -0.2) is 0 Å². The molecule has 82 valence electrons. The molecule has 16 heavy (non-hydrogen) atoms. The van der Waals surface area contributed by atoms with E-state index in [4.69, 9.17) is 4.42 Å². The van der Waals surface area contributed by atoms with Crippen LogP contribution in [-0.4, -0.2) is 11.5 Å². The number of aryl methyl sites for hydroxylation is 1. The third-order valence-corrected chi connectivity index (χ3v) is 2.27. The van der Waals surface area contributed by atoms with E-state index < -0.39 is 0 Å². The molecular formula is C13H14N2O. The molecule has 2 aromatic rings. The molecule has 0 fully saturated rings. The molecular weight excluding hydrogens is 200 g/mol. The van der Waals surface area contributed by atoms with E-state index in [2.05, 4.69) is 17.2 Å². The van der Waals surface area contributed by atoms with Crippen molar-refractivity contribution in [3.63, 3.8) is 0 Å². The lowest BCUT2D eigenvalue weighted by Gasteiger charge is -2.05. The fourth-order valence-corrected chi connectivity index (χ4v) is 1.38. The van der Waals surface area contributed by atoms with Crippen LogP contribution in [0.2, 0.25) is 0 Å². The van der Waals surface area contributed by atoms with E-state index in [9.17, 15) is 0 Å². The highest BCUT2D eigenvalue weighted by Gasteiger charge is 1.93. The lowest BCUT2D eigenvalue weighted by molar-refractivity contribution is 0.557. The highest BCUT2D eigenvalue weighted by molar-refractivity contribution is 5.50. The number of nitrogens with zero attached hydrogens (tertiary/aromatic N) is 1. The minimum atomic E-state index is 0.757. The summed E-state index contributed by atoms with van der Waals surface area (Å²) in [4.78, 5) is 4.07. The van der Waals surface area contributed by atoms with Gasteiger partial charge in [0.1, 0.15) is 5.76 Å².